The van der Waals surface area contributed by atoms with Crippen molar-refractivity contribution in [3.05, 3.63) is 117 Å². The number of carbonyl (C=O) groups excluding carboxylic acids is 2. The summed E-state index contributed by atoms with van der Waals surface area (Å²) in [7, 11) is 3.42. The highest BCUT2D eigenvalue weighted by molar-refractivity contribution is 6.33. The molecule has 0 radical (unpaired) electrons. The number of ether oxygens (including phenoxy) is 2. The van der Waals surface area contributed by atoms with Crippen molar-refractivity contribution in [1.29, 1.82) is 0 Å². The van der Waals surface area contributed by atoms with Crippen LogP contribution < -0.4 is 26.2 Å². The molecule has 0 unspecified atom stereocenters. The van der Waals surface area contributed by atoms with Crippen LogP contribution in [-0.2, 0) is 16.1 Å². The molecule has 54 heavy (non-hydrogen) atoms. The van der Waals surface area contributed by atoms with Crippen LogP contribution in [-0.4, -0.2) is 71.5 Å². The lowest BCUT2D eigenvalue weighted by atomic mass is 10.0. The molecule has 1 atom stereocenters. The Hall–Kier alpha value is -5.40. The molecule has 6 N–H and O–H groups in total. The fraction of sp³-hybridized carbons (Fsp3) is 0.293. The number of nitrogens with one attached hydrogen (secondary N) is 4. The van der Waals surface area contributed by atoms with E-state index in [2.05, 4.69) is 20.9 Å². The molecule has 0 spiro atoms. The lowest BCUT2D eigenvalue weighted by Crippen LogP contribution is -2.35. The Balaban J connectivity index is 1.07. The molecule has 4 aromatic carbocycles. The molecule has 1 aromatic heterocycles. The number of para-hydroxylation sites is 1. The van der Waals surface area contributed by atoms with E-state index in [1.165, 1.54) is 19.2 Å². The molecule has 1 heterocycles. The van der Waals surface area contributed by atoms with Crippen LogP contribution in [0.3, 0.4) is 0 Å². The molecule has 0 saturated carbocycles. The fourth-order valence-electron chi connectivity index (χ4n) is 6.00. The average Bonchev–Trinajstić information content (AvgIpc) is 3.14. The average molecular weight is 756 g/mol. The zero-order chi connectivity index (χ0) is 38.8. The van der Waals surface area contributed by atoms with E-state index < -0.39 is 17.8 Å². The van der Waals surface area contributed by atoms with Crippen LogP contribution in [0.1, 0.15) is 43.9 Å². The molecule has 0 aliphatic rings. The minimum Gasteiger partial charge on any atom is -0.506 e. The van der Waals surface area contributed by atoms with E-state index in [-0.39, 0.29) is 35.7 Å². The summed E-state index contributed by atoms with van der Waals surface area (Å²) in [6.45, 7) is 5.22. The SMILES string of the molecule is COc1cc(NC(=O)CCN(C)CCC(C)(C)OC(=O)Nc2ccccc2-c2ccccc2)c(Cl)cc1CNC[C@@H](O)c1ccc(O)c2[nH]c(=O)ccc12. The number of hydrogen-bond acceptors (Lipinski definition) is 9. The number of hydrogen-bond donors (Lipinski definition) is 6. The number of nitrogens with zero attached hydrogens (tertiary/aromatic N) is 1. The third kappa shape index (κ3) is 10.6. The standard InChI is InChI=1S/C41H46ClN5O7/c1-41(2,54-40(52)45-32-13-9-8-12-28(32)26-10-6-5-7-11-26)19-21-47(3)20-18-38(51)44-33-23-36(53-4)27(22-31(33)42)24-43-25-35(49)29-14-16-34(48)39-30(29)15-17-37(50)46-39/h5-17,22-23,35,43,48-49H,18-21,24-25H2,1-4H3,(H,44,51)(H,45,52)(H,46,50)/t35-/m1/s1. The first kappa shape index (κ1) is 39.8. The van der Waals surface area contributed by atoms with E-state index in [1.807, 2.05) is 80.4 Å². The quantitative estimate of drug-likeness (QED) is 0.0618. The minimum absolute atomic E-state index is 0.0833. The van der Waals surface area contributed by atoms with Crippen molar-refractivity contribution in [3.63, 3.8) is 0 Å². The number of rotatable bonds is 16. The van der Waals surface area contributed by atoms with Crippen molar-refractivity contribution < 1.29 is 29.3 Å². The van der Waals surface area contributed by atoms with Gasteiger partial charge < -0.3 is 40.2 Å². The van der Waals surface area contributed by atoms with Crippen molar-refractivity contribution in [2.24, 2.45) is 0 Å². The van der Waals surface area contributed by atoms with Crippen molar-refractivity contribution in [3.8, 4) is 22.6 Å². The van der Waals surface area contributed by atoms with Crippen LogP contribution in [0.15, 0.2) is 95.8 Å². The van der Waals surface area contributed by atoms with E-state index in [0.29, 0.717) is 64.7 Å². The van der Waals surface area contributed by atoms with Crippen molar-refractivity contribution in [1.82, 2.24) is 15.2 Å². The molecule has 0 fully saturated rings. The number of fused-ring (bicyclic) bond motifs is 1. The van der Waals surface area contributed by atoms with Crippen LogP contribution >= 0.6 is 11.6 Å². The van der Waals surface area contributed by atoms with Crippen LogP contribution in [0, 0.1) is 0 Å². The minimum atomic E-state index is -0.941. The summed E-state index contributed by atoms with van der Waals surface area (Å²) in [5.74, 6) is 0.186. The maximum atomic E-state index is 12.9. The second kappa shape index (κ2) is 18.1. The number of amides is 2. The Labute approximate surface area is 319 Å². The smallest absolute Gasteiger partial charge is 0.412 e. The maximum Gasteiger partial charge on any atom is 0.412 e. The lowest BCUT2D eigenvalue weighted by molar-refractivity contribution is -0.116. The van der Waals surface area contributed by atoms with Gasteiger partial charge >= 0.3 is 6.09 Å². The summed E-state index contributed by atoms with van der Waals surface area (Å²) in [6, 6.07) is 26.7. The van der Waals surface area contributed by atoms with Gasteiger partial charge in [-0.1, -0.05) is 66.2 Å². The maximum absolute atomic E-state index is 12.9. The second-order valence-electron chi connectivity index (χ2n) is 13.6. The number of anilines is 2. The highest BCUT2D eigenvalue weighted by Crippen LogP contribution is 2.33. The van der Waals surface area contributed by atoms with Gasteiger partial charge in [0.25, 0.3) is 0 Å². The number of halogens is 1. The van der Waals surface area contributed by atoms with E-state index in [1.54, 1.807) is 24.3 Å². The highest BCUT2D eigenvalue weighted by Gasteiger charge is 2.24. The number of H-pyrrole nitrogens is 1. The van der Waals surface area contributed by atoms with Crippen LogP contribution in [0.4, 0.5) is 16.2 Å². The molecule has 5 aromatic rings. The summed E-state index contributed by atoms with van der Waals surface area (Å²) in [5.41, 5.74) is 3.35. The molecule has 0 aliphatic carbocycles. The number of benzene rings is 4. The molecule has 284 valence electrons. The van der Waals surface area contributed by atoms with E-state index >= 15 is 0 Å². The molecule has 0 saturated heterocycles. The first-order valence-corrected chi connectivity index (χ1v) is 17.9. The Bertz CT molecular complexity index is 2140. The summed E-state index contributed by atoms with van der Waals surface area (Å²) >= 11 is 6.57. The van der Waals surface area contributed by atoms with Crippen LogP contribution in [0.25, 0.3) is 22.0 Å². The van der Waals surface area contributed by atoms with Gasteiger partial charge in [-0.05, 0) is 62.7 Å². The van der Waals surface area contributed by atoms with Gasteiger partial charge in [0.05, 0.1) is 35.1 Å². The fourth-order valence-corrected chi connectivity index (χ4v) is 6.23. The van der Waals surface area contributed by atoms with Crippen molar-refractivity contribution >= 4 is 45.9 Å². The van der Waals surface area contributed by atoms with Crippen LogP contribution in [0.2, 0.25) is 5.02 Å². The van der Waals surface area contributed by atoms with E-state index in [9.17, 15) is 24.6 Å². The summed E-state index contributed by atoms with van der Waals surface area (Å²) in [6.07, 6.45) is -0.738. The number of aromatic nitrogens is 1. The number of pyridine rings is 1. The molecular weight excluding hydrogens is 710 g/mol. The Kier molecular flexibility index (Phi) is 13.3. The third-order valence-electron chi connectivity index (χ3n) is 9.00. The highest BCUT2D eigenvalue weighted by atomic mass is 35.5. The molecule has 2 amide bonds. The van der Waals surface area contributed by atoms with E-state index in [0.717, 1.165) is 11.1 Å². The lowest BCUT2D eigenvalue weighted by Gasteiger charge is -2.28. The first-order chi connectivity index (χ1) is 25.8. The van der Waals surface area contributed by atoms with Gasteiger partial charge in [-0.3, -0.25) is 14.9 Å². The number of methoxy groups -OCH3 is 1. The molecule has 5 rings (SSSR count). The van der Waals surface area contributed by atoms with Gasteiger partial charge in [0.15, 0.2) is 0 Å². The zero-order valence-corrected chi connectivity index (χ0v) is 31.5. The van der Waals surface area contributed by atoms with Crippen molar-refractivity contribution in [2.75, 3.05) is 44.4 Å². The van der Waals surface area contributed by atoms with Gasteiger partial charge in [-0.2, -0.15) is 0 Å². The number of aliphatic hydroxyl groups excluding tert-OH is 1. The van der Waals surface area contributed by atoms with Crippen molar-refractivity contribution in [2.45, 2.75) is 44.9 Å². The predicted octanol–water partition coefficient (Wildman–Crippen LogP) is 7.06. The summed E-state index contributed by atoms with van der Waals surface area (Å²) in [4.78, 5) is 42.1. The number of aliphatic hydroxyl groups is 1. The number of aromatic amines is 1. The monoisotopic (exact) mass is 755 g/mol. The number of aromatic hydroxyl groups is 1. The van der Waals surface area contributed by atoms with Gasteiger partial charge in [-0.15, -0.1) is 0 Å². The Morgan fingerprint density at radius 1 is 0.944 bits per heavy atom. The largest absolute Gasteiger partial charge is 0.506 e. The number of carbonyl (C=O) groups is 2. The van der Waals surface area contributed by atoms with Gasteiger partial charge in [0, 0.05) is 61.2 Å². The zero-order valence-electron chi connectivity index (χ0n) is 30.7. The Morgan fingerprint density at radius 3 is 2.44 bits per heavy atom. The predicted molar refractivity (Wildman–Crippen MR) is 212 cm³/mol. The molecule has 12 nitrogen and oxygen atoms in total. The molecule has 13 heteroatoms. The molecule has 0 bridgehead atoms. The molecular formula is C41H46ClN5O7. The van der Waals surface area contributed by atoms with Crippen LogP contribution in [0.5, 0.6) is 11.5 Å². The van der Waals surface area contributed by atoms with Gasteiger partial charge in [-0.25, -0.2) is 4.79 Å². The summed E-state index contributed by atoms with van der Waals surface area (Å²) < 4.78 is 11.4. The van der Waals surface area contributed by atoms with E-state index in [4.69, 9.17) is 21.1 Å². The second-order valence-corrected chi connectivity index (χ2v) is 14.0. The Morgan fingerprint density at radius 2 is 1.69 bits per heavy atom. The molecule has 0 aliphatic heterocycles. The normalized spacial score (nSPS) is 12.1. The summed E-state index contributed by atoms with van der Waals surface area (Å²) in [5, 5.41) is 30.8. The third-order valence-corrected chi connectivity index (χ3v) is 9.31. The van der Waals surface area contributed by atoms with Gasteiger partial charge in [0.2, 0.25) is 11.5 Å². The van der Waals surface area contributed by atoms with Gasteiger partial charge in [0.1, 0.15) is 17.1 Å². The number of phenols is 1. The first-order valence-electron chi connectivity index (χ1n) is 17.6. The number of phenolic OH excluding ortho intramolecular Hbond substituents is 1. The topological polar surface area (TPSA) is 165 Å².